The van der Waals surface area contributed by atoms with Crippen molar-refractivity contribution in [1.82, 2.24) is 9.94 Å². The second-order valence-corrected chi connectivity index (χ2v) is 1.08. The highest BCUT2D eigenvalue weighted by molar-refractivity contribution is 5.38. The molecule has 0 aliphatic carbocycles. The Morgan fingerprint density at radius 2 is 2.62 bits per heavy atom. The summed E-state index contributed by atoms with van der Waals surface area (Å²) in [6, 6.07) is 1.64. The van der Waals surface area contributed by atoms with Crippen molar-refractivity contribution in [2.24, 2.45) is 0 Å². The van der Waals surface area contributed by atoms with E-state index in [2.05, 4.69) is 9.94 Å². The molecule has 0 N–H and O–H groups in total. The average Bonchev–Trinajstić information content (AvgIpc) is 2.19. The fourth-order valence-corrected chi connectivity index (χ4v) is 0.347. The van der Waals surface area contributed by atoms with Crippen molar-refractivity contribution in [1.29, 1.82) is 0 Å². The van der Waals surface area contributed by atoms with Crippen molar-refractivity contribution in [2.75, 3.05) is 0 Å². The minimum Gasteiger partial charge on any atom is -0.307 e. The molecule has 0 aromatic carbocycles. The van der Waals surface area contributed by atoms with Gasteiger partial charge in [-0.15, -0.1) is 5.10 Å². The number of rotatable bonds is 2. The summed E-state index contributed by atoms with van der Waals surface area (Å²) in [5, 5.41) is 3.54. The average molecular weight is 111 g/mol. The maximum atomic E-state index is 9.46. The molecule has 4 heteroatoms. The Hall–Kier alpha value is -1.32. The monoisotopic (exact) mass is 111 g/mol. The molecule has 0 spiro atoms. The molecule has 0 saturated carbocycles. The molecule has 1 heterocycles. The molecule has 1 aromatic heterocycles. The number of hydrogen-bond donors (Lipinski definition) is 0. The summed E-state index contributed by atoms with van der Waals surface area (Å²) in [5.74, 6) is 0. The summed E-state index contributed by atoms with van der Waals surface area (Å²) in [4.78, 5) is 14.6. The maximum absolute atomic E-state index is 9.46. The molecular weight excluding hydrogens is 108 g/mol. The molecule has 0 aliphatic rings. The van der Waals surface area contributed by atoms with Gasteiger partial charge in [0.1, 0.15) is 0 Å². The third kappa shape index (κ3) is 0.841. The van der Waals surface area contributed by atoms with Crippen LogP contribution in [0.4, 0.5) is 0 Å². The van der Waals surface area contributed by atoms with E-state index in [4.69, 9.17) is 0 Å². The van der Waals surface area contributed by atoms with Crippen molar-refractivity contribution < 1.29 is 9.63 Å². The number of carbonyl (C=O) groups excluding carboxylic acids is 1. The van der Waals surface area contributed by atoms with Crippen LogP contribution in [0, 0.1) is 0 Å². The standard InChI is InChI=1S/C4H3N2O2/c7-4-8-6-3-1-2-5-6/h1-3H. The zero-order valence-electron chi connectivity index (χ0n) is 3.94. The summed E-state index contributed by atoms with van der Waals surface area (Å²) in [5.41, 5.74) is 0. The maximum Gasteiger partial charge on any atom is 0.445 e. The van der Waals surface area contributed by atoms with Crippen LogP contribution in [0.5, 0.6) is 0 Å². The molecule has 1 radical (unpaired) electrons. The highest BCUT2D eigenvalue weighted by atomic mass is 16.7. The third-order valence-corrected chi connectivity index (χ3v) is 0.611. The van der Waals surface area contributed by atoms with E-state index in [9.17, 15) is 4.79 Å². The Kier molecular flexibility index (Phi) is 1.27. The third-order valence-electron chi connectivity index (χ3n) is 0.611. The van der Waals surface area contributed by atoms with Gasteiger partial charge in [0.15, 0.2) is 0 Å². The molecule has 8 heavy (non-hydrogen) atoms. The Balaban J connectivity index is 2.62. The molecule has 0 atom stereocenters. The lowest BCUT2D eigenvalue weighted by Gasteiger charge is -1.87. The second-order valence-electron chi connectivity index (χ2n) is 1.08. The van der Waals surface area contributed by atoms with E-state index in [-0.39, 0.29) is 0 Å². The Morgan fingerprint density at radius 1 is 1.75 bits per heavy atom. The molecule has 0 saturated heterocycles. The van der Waals surface area contributed by atoms with Gasteiger partial charge in [0.2, 0.25) is 0 Å². The smallest absolute Gasteiger partial charge is 0.307 e. The van der Waals surface area contributed by atoms with E-state index in [0.29, 0.717) is 0 Å². The SMILES string of the molecule is O=[C]On1cccn1. The van der Waals surface area contributed by atoms with E-state index in [1.807, 2.05) is 0 Å². The van der Waals surface area contributed by atoms with Crippen molar-refractivity contribution >= 4 is 6.47 Å². The van der Waals surface area contributed by atoms with Crippen LogP contribution in [0.3, 0.4) is 0 Å². The molecular formula is C4H3N2O2. The van der Waals surface area contributed by atoms with Crippen molar-refractivity contribution in [2.45, 2.75) is 0 Å². The van der Waals surface area contributed by atoms with Crippen LogP contribution in [0.25, 0.3) is 0 Å². The van der Waals surface area contributed by atoms with Crippen LogP contribution in [-0.4, -0.2) is 16.4 Å². The molecule has 41 valence electrons. The Morgan fingerprint density at radius 3 is 3.12 bits per heavy atom. The van der Waals surface area contributed by atoms with Gasteiger partial charge in [0, 0.05) is 0 Å². The van der Waals surface area contributed by atoms with Gasteiger partial charge >= 0.3 is 6.47 Å². The van der Waals surface area contributed by atoms with Gasteiger partial charge in [-0.2, -0.15) is 0 Å². The quantitative estimate of drug-likeness (QED) is 0.510. The fraction of sp³-hybridized carbons (Fsp3) is 0. The van der Waals surface area contributed by atoms with Gasteiger partial charge in [0.05, 0.1) is 12.4 Å². The lowest BCUT2D eigenvalue weighted by Crippen LogP contribution is -2.08. The Labute approximate surface area is 45.6 Å². The van der Waals surface area contributed by atoms with Crippen LogP contribution >= 0.6 is 0 Å². The molecule has 0 bridgehead atoms. The van der Waals surface area contributed by atoms with E-state index < -0.39 is 0 Å². The number of nitrogens with zero attached hydrogens (tertiary/aromatic N) is 2. The van der Waals surface area contributed by atoms with Crippen molar-refractivity contribution in [3.05, 3.63) is 18.5 Å². The van der Waals surface area contributed by atoms with Crippen LogP contribution in [0.1, 0.15) is 0 Å². The highest BCUT2D eigenvalue weighted by Gasteiger charge is 1.83. The summed E-state index contributed by atoms with van der Waals surface area (Å²) >= 11 is 0. The van der Waals surface area contributed by atoms with E-state index in [1.165, 1.54) is 18.9 Å². The molecule has 0 aliphatic heterocycles. The van der Waals surface area contributed by atoms with Gasteiger partial charge in [0.25, 0.3) is 0 Å². The van der Waals surface area contributed by atoms with Crippen LogP contribution in [0.2, 0.25) is 0 Å². The highest BCUT2D eigenvalue weighted by Crippen LogP contribution is 1.75. The molecule has 1 aromatic rings. The normalized spacial score (nSPS) is 8.50. The first-order chi connectivity index (χ1) is 3.93. The van der Waals surface area contributed by atoms with E-state index in [1.54, 1.807) is 6.07 Å². The van der Waals surface area contributed by atoms with E-state index in [0.717, 1.165) is 4.85 Å². The first kappa shape index (κ1) is 4.83. The van der Waals surface area contributed by atoms with Crippen molar-refractivity contribution in [3.63, 3.8) is 0 Å². The molecule has 0 unspecified atom stereocenters. The van der Waals surface area contributed by atoms with Crippen LogP contribution in [0.15, 0.2) is 18.5 Å². The minimum absolute atomic E-state index is 1.01. The zero-order valence-corrected chi connectivity index (χ0v) is 3.94. The predicted molar refractivity (Wildman–Crippen MR) is 24.5 cm³/mol. The first-order valence-electron chi connectivity index (χ1n) is 1.97. The lowest BCUT2D eigenvalue weighted by atomic mass is 10.8. The van der Waals surface area contributed by atoms with Gasteiger partial charge in [-0.1, -0.05) is 4.85 Å². The topological polar surface area (TPSA) is 44.1 Å². The van der Waals surface area contributed by atoms with Gasteiger partial charge in [-0.05, 0) is 6.07 Å². The molecule has 1 rings (SSSR count). The largest absolute Gasteiger partial charge is 0.445 e. The fourth-order valence-electron chi connectivity index (χ4n) is 0.347. The molecule has 0 fully saturated rings. The molecule has 0 amide bonds. The summed E-state index contributed by atoms with van der Waals surface area (Å²) in [7, 11) is 0. The molecule has 4 nitrogen and oxygen atoms in total. The summed E-state index contributed by atoms with van der Waals surface area (Å²) in [6.07, 6.45) is 2.99. The lowest BCUT2D eigenvalue weighted by molar-refractivity contribution is 0.206. The Bertz CT molecular complexity index is 159. The van der Waals surface area contributed by atoms with Crippen molar-refractivity contribution in [3.8, 4) is 0 Å². The zero-order chi connectivity index (χ0) is 5.82. The summed E-state index contributed by atoms with van der Waals surface area (Å²) in [6.45, 7) is 1.22. The predicted octanol–water partition coefficient (Wildman–Crippen LogP) is -0.621. The van der Waals surface area contributed by atoms with Gasteiger partial charge in [-0.25, -0.2) is 4.79 Å². The number of hydrogen-bond acceptors (Lipinski definition) is 3. The first-order valence-corrected chi connectivity index (χ1v) is 1.97. The van der Waals surface area contributed by atoms with Gasteiger partial charge < -0.3 is 4.84 Å². The second kappa shape index (κ2) is 2.11. The number of aromatic nitrogens is 2. The van der Waals surface area contributed by atoms with Gasteiger partial charge in [-0.3, -0.25) is 0 Å². The van der Waals surface area contributed by atoms with Crippen LogP contribution in [-0.2, 0) is 4.79 Å². The van der Waals surface area contributed by atoms with Crippen LogP contribution < -0.4 is 4.84 Å². The summed E-state index contributed by atoms with van der Waals surface area (Å²) < 4.78 is 0. The minimum atomic E-state index is 1.01. The van der Waals surface area contributed by atoms with E-state index >= 15 is 0 Å².